The van der Waals surface area contributed by atoms with Crippen molar-refractivity contribution in [2.45, 2.75) is 52.6 Å². The van der Waals surface area contributed by atoms with Crippen LogP contribution in [0, 0.1) is 5.92 Å². The lowest BCUT2D eigenvalue weighted by Gasteiger charge is -2.16. The Morgan fingerprint density at radius 2 is 2.07 bits per heavy atom. The lowest BCUT2D eigenvalue weighted by atomic mass is 10.0. The van der Waals surface area contributed by atoms with Crippen LogP contribution in [-0.2, 0) is 14.1 Å². The van der Waals surface area contributed by atoms with Crippen LogP contribution in [0.1, 0.15) is 46.5 Å². The van der Waals surface area contributed by atoms with E-state index in [1.807, 2.05) is 0 Å². The Kier molecular flexibility index (Phi) is 9.03. The molecule has 3 nitrogen and oxygen atoms in total. The summed E-state index contributed by atoms with van der Waals surface area (Å²) < 4.78 is 9.97. The fraction of sp³-hybridized carbons (Fsp3) is 0.909. The number of ether oxygens (including phenoxy) is 1. The molecule has 0 aliphatic carbocycles. The Morgan fingerprint density at radius 1 is 1.40 bits per heavy atom. The van der Waals surface area contributed by atoms with Gasteiger partial charge in [0, 0.05) is 9.47 Å². The summed E-state index contributed by atoms with van der Waals surface area (Å²) in [5.41, 5.74) is 0. The van der Waals surface area contributed by atoms with Gasteiger partial charge in [0.05, 0.1) is 6.61 Å². The van der Waals surface area contributed by atoms with Gasteiger partial charge in [-0.25, -0.2) is 4.79 Å². The molecule has 0 saturated carbocycles. The van der Waals surface area contributed by atoms with Crippen LogP contribution in [0.3, 0.4) is 0 Å². The van der Waals surface area contributed by atoms with Crippen molar-refractivity contribution >= 4 is 15.4 Å². The van der Waals surface area contributed by atoms with Gasteiger partial charge in [-0.3, -0.25) is 0 Å². The van der Waals surface area contributed by atoms with Crippen LogP contribution in [0.15, 0.2) is 0 Å². The van der Waals surface area contributed by atoms with Crippen LogP contribution in [0.2, 0.25) is 0 Å². The molecule has 0 spiro atoms. The van der Waals surface area contributed by atoms with Crippen LogP contribution < -0.4 is 0 Å². The Bertz CT molecular complexity index is 173. The molecule has 15 heavy (non-hydrogen) atoms. The fourth-order valence-electron chi connectivity index (χ4n) is 1.27. The topological polar surface area (TPSA) is 35.5 Å². The summed E-state index contributed by atoms with van der Waals surface area (Å²) in [6.07, 6.45) is 4.10. The molecule has 0 aromatic carbocycles. The molecule has 0 fully saturated rings. The summed E-state index contributed by atoms with van der Waals surface area (Å²) in [5, 5.41) is 0. The smallest absolute Gasteiger partial charge is 0.335 e. The van der Waals surface area contributed by atoms with E-state index in [4.69, 9.17) is 9.26 Å². The van der Waals surface area contributed by atoms with Gasteiger partial charge >= 0.3 is 5.97 Å². The van der Waals surface area contributed by atoms with Crippen molar-refractivity contribution in [3.8, 4) is 0 Å². The maximum Gasteiger partial charge on any atom is 0.335 e. The average Bonchev–Trinajstić information content (AvgIpc) is 2.27. The minimum absolute atomic E-state index is 0.278. The average molecular weight is 234 g/mol. The number of unbranched alkanes of at least 4 members (excludes halogenated alkanes) is 1. The van der Waals surface area contributed by atoms with Crippen LogP contribution in [-0.4, -0.2) is 18.7 Å². The summed E-state index contributed by atoms with van der Waals surface area (Å²) in [6.45, 7) is 6.50. The standard InChI is InChI=1S/C11H23O3P/c1-4-6-7-10(5-2)8-13-11(12)9(3)14-15/h9-10H,4-8,15H2,1-3H3. The van der Waals surface area contributed by atoms with Crippen molar-refractivity contribution < 1.29 is 14.1 Å². The van der Waals surface area contributed by atoms with Crippen LogP contribution in [0.25, 0.3) is 0 Å². The molecule has 3 unspecified atom stereocenters. The van der Waals surface area contributed by atoms with Crippen LogP contribution in [0.4, 0.5) is 0 Å². The highest BCUT2D eigenvalue weighted by molar-refractivity contribution is 7.09. The number of rotatable bonds is 8. The zero-order chi connectivity index (χ0) is 11.7. The maximum atomic E-state index is 11.3. The maximum absolute atomic E-state index is 11.3. The molecule has 0 amide bonds. The van der Waals surface area contributed by atoms with Gasteiger partial charge < -0.3 is 9.26 Å². The zero-order valence-corrected chi connectivity index (χ0v) is 11.1. The van der Waals surface area contributed by atoms with Gasteiger partial charge in [-0.1, -0.05) is 33.1 Å². The zero-order valence-electron chi connectivity index (χ0n) is 9.99. The van der Waals surface area contributed by atoms with E-state index >= 15 is 0 Å². The van der Waals surface area contributed by atoms with E-state index in [0.717, 1.165) is 12.8 Å². The van der Waals surface area contributed by atoms with E-state index in [1.165, 1.54) is 12.8 Å². The van der Waals surface area contributed by atoms with Crippen molar-refractivity contribution in [2.24, 2.45) is 5.92 Å². The van der Waals surface area contributed by atoms with Gasteiger partial charge in [0.25, 0.3) is 0 Å². The number of carbonyl (C=O) groups is 1. The van der Waals surface area contributed by atoms with E-state index in [2.05, 4.69) is 23.3 Å². The largest absolute Gasteiger partial charge is 0.463 e. The van der Waals surface area contributed by atoms with Crippen molar-refractivity contribution in [2.75, 3.05) is 6.61 Å². The molecule has 0 radical (unpaired) electrons. The Morgan fingerprint density at radius 3 is 2.53 bits per heavy atom. The third-order valence-corrected chi connectivity index (χ3v) is 2.95. The molecule has 90 valence electrons. The predicted molar refractivity (Wildman–Crippen MR) is 64.5 cm³/mol. The number of hydrogen-bond acceptors (Lipinski definition) is 3. The molecule has 0 aliphatic heterocycles. The normalized spacial score (nSPS) is 14.7. The summed E-state index contributed by atoms with van der Waals surface area (Å²) in [7, 11) is 2.08. The molecule has 3 atom stereocenters. The first-order valence-electron chi connectivity index (χ1n) is 5.67. The third kappa shape index (κ3) is 6.86. The molecule has 4 heteroatoms. The van der Waals surface area contributed by atoms with Crippen molar-refractivity contribution in [1.82, 2.24) is 0 Å². The van der Waals surface area contributed by atoms with E-state index in [-0.39, 0.29) is 5.97 Å². The first-order chi connectivity index (χ1) is 7.15. The first-order valence-corrected chi connectivity index (χ1v) is 6.14. The van der Waals surface area contributed by atoms with Gasteiger partial charge in [-0.15, -0.1) is 0 Å². The minimum Gasteiger partial charge on any atom is -0.463 e. The highest BCUT2D eigenvalue weighted by Crippen LogP contribution is 2.13. The monoisotopic (exact) mass is 234 g/mol. The van der Waals surface area contributed by atoms with E-state index in [9.17, 15) is 4.79 Å². The second-order valence-electron chi connectivity index (χ2n) is 3.82. The lowest BCUT2D eigenvalue weighted by molar-refractivity contribution is -0.152. The number of hydrogen-bond donors (Lipinski definition) is 0. The van der Waals surface area contributed by atoms with E-state index in [1.54, 1.807) is 6.92 Å². The third-order valence-electron chi connectivity index (χ3n) is 2.54. The first kappa shape index (κ1) is 14.9. The van der Waals surface area contributed by atoms with E-state index < -0.39 is 6.10 Å². The minimum atomic E-state index is -0.487. The molecule has 0 rings (SSSR count). The number of esters is 1. The summed E-state index contributed by atoms with van der Waals surface area (Å²) in [6, 6.07) is 0. The molecular formula is C11H23O3P. The summed E-state index contributed by atoms with van der Waals surface area (Å²) >= 11 is 0. The molecule has 0 heterocycles. The SMILES string of the molecule is CCCCC(CC)COC(=O)C(C)OP. The van der Waals surface area contributed by atoms with Crippen LogP contribution >= 0.6 is 9.47 Å². The van der Waals surface area contributed by atoms with E-state index in [0.29, 0.717) is 12.5 Å². The quantitative estimate of drug-likeness (QED) is 0.478. The van der Waals surface area contributed by atoms with Crippen LogP contribution in [0.5, 0.6) is 0 Å². The van der Waals surface area contributed by atoms with Gasteiger partial charge in [-0.05, 0) is 19.3 Å². The number of carbonyl (C=O) groups excluding carboxylic acids is 1. The molecule has 0 aromatic heterocycles. The molecule has 0 N–H and O–H groups in total. The molecular weight excluding hydrogens is 211 g/mol. The summed E-state index contributed by atoms with van der Waals surface area (Å²) in [5.74, 6) is 0.213. The van der Waals surface area contributed by atoms with Crippen molar-refractivity contribution in [3.63, 3.8) is 0 Å². The van der Waals surface area contributed by atoms with Crippen molar-refractivity contribution in [1.29, 1.82) is 0 Å². The molecule has 0 bridgehead atoms. The van der Waals surface area contributed by atoms with Gasteiger partial charge in [-0.2, -0.15) is 0 Å². The highest BCUT2D eigenvalue weighted by Gasteiger charge is 2.15. The predicted octanol–water partition coefficient (Wildman–Crippen LogP) is 2.94. The molecule has 0 aromatic rings. The highest BCUT2D eigenvalue weighted by atomic mass is 31.0. The van der Waals surface area contributed by atoms with Gasteiger partial charge in [0.2, 0.25) is 0 Å². The second-order valence-corrected chi connectivity index (χ2v) is 4.10. The lowest BCUT2D eigenvalue weighted by Crippen LogP contribution is -2.23. The summed E-state index contributed by atoms with van der Waals surface area (Å²) in [4.78, 5) is 11.3. The molecule has 0 aliphatic rings. The van der Waals surface area contributed by atoms with Gasteiger partial charge in [0.15, 0.2) is 6.10 Å². The molecule has 0 saturated heterocycles. The second kappa shape index (κ2) is 9.11. The van der Waals surface area contributed by atoms with Crippen molar-refractivity contribution in [3.05, 3.63) is 0 Å². The fourth-order valence-corrected chi connectivity index (χ4v) is 1.38. The van der Waals surface area contributed by atoms with Gasteiger partial charge in [0.1, 0.15) is 0 Å². The Balaban J connectivity index is 3.74. The Labute approximate surface area is 95.2 Å². The Hall–Kier alpha value is -0.140.